The van der Waals surface area contributed by atoms with Gasteiger partial charge in [0, 0.05) is 45.4 Å². The largest absolute Gasteiger partial charge is 0.337 e. The van der Waals surface area contributed by atoms with Gasteiger partial charge in [-0.3, -0.25) is 0 Å². The van der Waals surface area contributed by atoms with Gasteiger partial charge in [-0.25, -0.2) is 0 Å². The number of nitrogens with zero attached hydrogens (tertiary/aromatic N) is 2. The van der Waals surface area contributed by atoms with E-state index in [9.17, 15) is 0 Å². The molecule has 2 heteroatoms. The van der Waals surface area contributed by atoms with Crippen LogP contribution in [0.3, 0.4) is 0 Å². The highest BCUT2D eigenvalue weighted by Crippen LogP contribution is 2.42. The lowest BCUT2D eigenvalue weighted by Crippen LogP contribution is -2.19. The predicted molar refractivity (Wildman–Crippen MR) is 167 cm³/mol. The normalized spacial score (nSPS) is 15.0. The Kier molecular flexibility index (Phi) is 5.71. The van der Waals surface area contributed by atoms with Crippen LogP contribution in [0.25, 0.3) is 44.2 Å². The fourth-order valence-corrected chi connectivity index (χ4v) is 5.83. The molecule has 5 aromatic carbocycles. The van der Waals surface area contributed by atoms with Crippen LogP contribution in [-0.4, -0.2) is 11.1 Å². The highest BCUT2D eigenvalue weighted by molar-refractivity contribution is 6.10. The molecule has 186 valence electrons. The molecule has 7 rings (SSSR count). The standard InChI is InChI=1S/C37H28N2/c1-27-15-3-2-14-26-38(33-21-9-4-16-28(27)33)34-22-10-5-17-29(34)30-18-6-11-23-35(30)39-36-24-12-7-19-31(36)32-20-8-13-25-37(32)39/h2-25H,1,26H2/b14-2-,15-3-. The van der Waals surface area contributed by atoms with Crippen LogP contribution in [0.15, 0.2) is 152 Å². The molecule has 0 amide bonds. The van der Waals surface area contributed by atoms with Crippen LogP contribution in [0, 0.1) is 0 Å². The molecule has 0 N–H and O–H groups in total. The van der Waals surface area contributed by atoms with Crippen molar-refractivity contribution in [2.45, 2.75) is 0 Å². The van der Waals surface area contributed by atoms with E-state index in [0.717, 1.165) is 29.1 Å². The molecule has 0 fully saturated rings. The summed E-state index contributed by atoms with van der Waals surface area (Å²) in [4.78, 5) is 2.40. The summed E-state index contributed by atoms with van der Waals surface area (Å²) >= 11 is 0. The zero-order valence-electron chi connectivity index (χ0n) is 21.7. The molecule has 1 aromatic heterocycles. The average molecular weight is 501 g/mol. The maximum Gasteiger partial charge on any atom is 0.0541 e. The van der Waals surface area contributed by atoms with Gasteiger partial charge in [0.15, 0.2) is 0 Å². The van der Waals surface area contributed by atoms with E-state index in [0.29, 0.717) is 0 Å². The molecule has 0 saturated heterocycles. The Morgan fingerprint density at radius 3 is 1.64 bits per heavy atom. The molecule has 0 saturated carbocycles. The zero-order chi connectivity index (χ0) is 26.2. The second-order valence-corrected chi connectivity index (χ2v) is 9.84. The molecule has 1 aliphatic heterocycles. The average Bonchev–Trinajstić information content (AvgIpc) is 3.36. The van der Waals surface area contributed by atoms with E-state index in [2.05, 4.69) is 162 Å². The molecular weight excluding hydrogens is 472 g/mol. The first-order valence-corrected chi connectivity index (χ1v) is 13.4. The van der Waals surface area contributed by atoms with Crippen LogP contribution in [0.2, 0.25) is 0 Å². The third-order valence-corrected chi connectivity index (χ3v) is 7.58. The molecule has 1 aliphatic rings. The van der Waals surface area contributed by atoms with E-state index in [4.69, 9.17) is 0 Å². The molecule has 0 atom stereocenters. The second kappa shape index (κ2) is 9.66. The summed E-state index contributed by atoms with van der Waals surface area (Å²) in [5.41, 5.74) is 10.4. The van der Waals surface area contributed by atoms with Crippen molar-refractivity contribution in [3.8, 4) is 16.8 Å². The first-order chi connectivity index (χ1) is 19.3. The van der Waals surface area contributed by atoms with Gasteiger partial charge in [0.05, 0.1) is 16.7 Å². The molecule has 0 aliphatic carbocycles. The second-order valence-electron chi connectivity index (χ2n) is 9.84. The molecule has 39 heavy (non-hydrogen) atoms. The van der Waals surface area contributed by atoms with Crippen molar-refractivity contribution in [3.63, 3.8) is 0 Å². The Balaban J connectivity index is 1.48. The summed E-state index contributed by atoms with van der Waals surface area (Å²) in [7, 11) is 0. The monoisotopic (exact) mass is 500 g/mol. The van der Waals surface area contributed by atoms with Gasteiger partial charge in [0.25, 0.3) is 0 Å². The Bertz CT molecular complexity index is 1860. The number of para-hydroxylation sites is 5. The van der Waals surface area contributed by atoms with Gasteiger partial charge in [0.1, 0.15) is 0 Å². The molecule has 0 spiro atoms. The zero-order valence-corrected chi connectivity index (χ0v) is 21.7. The Morgan fingerprint density at radius 2 is 0.974 bits per heavy atom. The number of hydrogen-bond donors (Lipinski definition) is 0. The van der Waals surface area contributed by atoms with Crippen molar-refractivity contribution >= 4 is 38.8 Å². The van der Waals surface area contributed by atoms with Crippen LogP contribution in [0.4, 0.5) is 11.4 Å². The minimum Gasteiger partial charge on any atom is -0.337 e. The molecule has 0 radical (unpaired) electrons. The summed E-state index contributed by atoms with van der Waals surface area (Å²) in [6, 6.07) is 43.5. The topological polar surface area (TPSA) is 8.17 Å². The first-order valence-electron chi connectivity index (χ1n) is 13.4. The van der Waals surface area contributed by atoms with E-state index < -0.39 is 0 Å². The summed E-state index contributed by atoms with van der Waals surface area (Å²) in [6.07, 6.45) is 8.48. The lowest BCUT2D eigenvalue weighted by molar-refractivity contribution is 1.09. The van der Waals surface area contributed by atoms with Gasteiger partial charge in [-0.05, 0) is 35.9 Å². The Morgan fingerprint density at radius 1 is 0.487 bits per heavy atom. The summed E-state index contributed by atoms with van der Waals surface area (Å²) in [5, 5.41) is 2.53. The minimum absolute atomic E-state index is 0.753. The van der Waals surface area contributed by atoms with Gasteiger partial charge in [0.2, 0.25) is 0 Å². The summed E-state index contributed by atoms with van der Waals surface area (Å²) < 4.78 is 2.41. The van der Waals surface area contributed by atoms with Crippen molar-refractivity contribution in [2.75, 3.05) is 11.4 Å². The number of fused-ring (bicyclic) bond motifs is 4. The summed E-state index contributed by atoms with van der Waals surface area (Å²) in [5.74, 6) is 0. The van der Waals surface area contributed by atoms with Gasteiger partial charge in [-0.1, -0.05) is 122 Å². The number of allylic oxidation sites excluding steroid dienone is 4. The first kappa shape index (κ1) is 23.1. The minimum atomic E-state index is 0.753. The lowest BCUT2D eigenvalue weighted by Gasteiger charge is -2.29. The number of rotatable bonds is 3. The van der Waals surface area contributed by atoms with Gasteiger partial charge in [-0.15, -0.1) is 0 Å². The smallest absolute Gasteiger partial charge is 0.0541 e. The molecule has 2 nitrogen and oxygen atoms in total. The Hall–Kier alpha value is -5.08. The quantitative estimate of drug-likeness (QED) is 0.235. The van der Waals surface area contributed by atoms with Crippen LogP contribution >= 0.6 is 0 Å². The van der Waals surface area contributed by atoms with Crippen molar-refractivity contribution in [2.24, 2.45) is 0 Å². The Labute approximate surface area is 229 Å². The predicted octanol–water partition coefficient (Wildman–Crippen LogP) is 9.73. The number of hydrogen-bond acceptors (Lipinski definition) is 1. The lowest BCUT2D eigenvalue weighted by atomic mass is 9.98. The fourth-order valence-electron chi connectivity index (χ4n) is 5.83. The van der Waals surface area contributed by atoms with Crippen molar-refractivity contribution in [1.29, 1.82) is 0 Å². The van der Waals surface area contributed by atoms with Crippen molar-refractivity contribution in [1.82, 2.24) is 4.57 Å². The molecular formula is C37H28N2. The highest BCUT2D eigenvalue weighted by Gasteiger charge is 2.20. The third kappa shape index (κ3) is 3.89. The number of aromatic nitrogens is 1. The third-order valence-electron chi connectivity index (χ3n) is 7.58. The van der Waals surface area contributed by atoms with E-state index >= 15 is 0 Å². The van der Waals surface area contributed by atoms with Gasteiger partial charge < -0.3 is 9.47 Å². The van der Waals surface area contributed by atoms with Crippen LogP contribution in [-0.2, 0) is 0 Å². The molecule has 2 heterocycles. The van der Waals surface area contributed by atoms with Gasteiger partial charge in [-0.2, -0.15) is 0 Å². The molecule has 6 aromatic rings. The van der Waals surface area contributed by atoms with Crippen LogP contribution in [0.1, 0.15) is 5.56 Å². The maximum absolute atomic E-state index is 4.36. The summed E-state index contributed by atoms with van der Waals surface area (Å²) in [6.45, 7) is 5.12. The maximum atomic E-state index is 4.36. The molecule has 0 bridgehead atoms. The number of benzene rings is 5. The van der Waals surface area contributed by atoms with Gasteiger partial charge >= 0.3 is 0 Å². The number of anilines is 2. The van der Waals surface area contributed by atoms with Crippen LogP contribution in [0.5, 0.6) is 0 Å². The fraction of sp³-hybridized carbons (Fsp3) is 0.0270. The van der Waals surface area contributed by atoms with E-state index in [1.165, 1.54) is 38.6 Å². The SMILES string of the molecule is C=C1/C=C\C=C/CN(c2ccccc2-c2ccccc2-n2c3ccccc3c3ccccc32)c2ccccc21. The van der Waals surface area contributed by atoms with Crippen LogP contribution < -0.4 is 4.90 Å². The highest BCUT2D eigenvalue weighted by atomic mass is 15.1. The van der Waals surface area contributed by atoms with E-state index in [-0.39, 0.29) is 0 Å². The van der Waals surface area contributed by atoms with Crippen molar-refractivity contribution in [3.05, 3.63) is 158 Å². The molecule has 0 unspecified atom stereocenters. The van der Waals surface area contributed by atoms with E-state index in [1.54, 1.807) is 0 Å². The van der Waals surface area contributed by atoms with E-state index in [1.807, 2.05) is 0 Å². The van der Waals surface area contributed by atoms with Crippen molar-refractivity contribution < 1.29 is 0 Å².